The van der Waals surface area contributed by atoms with E-state index in [2.05, 4.69) is 10.7 Å². The zero-order valence-corrected chi connectivity index (χ0v) is 4.94. The van der Waals surface area contributed by atoms with Gasteiger partial charge in [0.25, 0.3) is 5.92 Å². The van der Waals surface area contributed by atoms with Crippen molar-refractivity contribution in [2.75, 3.05) is 6.61 Å². The Morgan fingerprint density at radius 1 is 1.56 bits per heavy atom. The van der Waals surface area contributed by atoms with E-state index in [0.717, 1.165) is 0 Å². The number of hydrogen-bond acceptors (Lipinski definition) is 2. The van der Waals surface area contributed by atoms with Crippen LogP contribution in [0.25, 0.3) is 0 Å². The number of hydrogen-bond donors (Lipinski definition) is 1. The summed E-state index contributed by atoms with van der Waals surface area (Å²) >= 11 is 0. The molecule has 1 aliphatic rings. The summed E-state index contributed by atoms with van der Waals surface area (Å²) in [5.41, 5.74) is 0. The minimum Gasteiger partial charge on any atom is -0.298 e. The van der Waals surface area contributed by atoms with Gasteiger partial charge in [0.15, 0.2) is 0 Å². The Morgan fingerprint density at radius 3 is 2.44 bits per heavy atom. The summed E-state index contributed by atoms with van der Waals surface area (Å²) in [4.78, 5) is 3.86. The maximum Gasteiger partial charge on any atom is 0.275 e. The quantitative estimate of drug-likeness (QED) is 0.587. The first kappa shape index (κ1) is 6.89. The third kappa shape index (κ3) is 1.59. The molecule has 1 rings (SSSR count). The zero-order valence-electron chi connectivity index (χ0n) is 4.94. The van der Waals surface area contributed by atoms with E-state index in [-0.39, 0.29) is 0 Å². The summed E-state index contributed by atoms with van der Waals surface area (Å²) in [6, 6.07) is 0. The number of halogens is 2. The smallest absolute Gasteiger partial charge is 0.275 e. The molecular weight excluding hydrogens is 128 g/mol. The first-order valence-electron chi connectivity index (χ1n) is 2.86. The lowest BCUT2D eigenvalue weighted by atomic mass is 10.2. The zero-order chi connectivity index (χ0) is 6.91. The van der Waals surface area contributed by atoms with Gasteiger partial charge >= 0.3 is 0 Å². The van der Waals surface area contributed by atoms with Crippen LogP contribution in [0.15, 0.2) is 0 Å². The van der Waals surface area contributed by atoms with Crippen molar-refractivity contribution >= 4 is 0 Å². The molecule has 4 heteroatoms. The van der Waals surface area contributed by atoms with Crippen LogP contribution in [-0.4, -0.2) is 12.5 Å². The summed E-state index contributed by atoms with van der Waals surface area (Å²) in [7, 11) is 0. The molecule has 1 aliphatic carbocycles. The van der Waals surface area contributed by atoms with Gasteiger partial charge in [0.05, 0.1) is 0 Å². The molecule has 0 aromatic rings. The molecular formula is C5H9F2NO. The van der Waals surface area contributed by atoms with Crippen LogP contribution in [0.4, 0.5) is 8.78 Å². The molecule has 0 radical (unpaired) electrons. The maximum atomic E-state index is 12.4. The van der Waals surface area contributed by atoms with Crippen molar-refractivity contribution in [1.29, 1.82) is 0 Å². The second-order valence-electron chi connectivity index (χ2n) is 2.35. The lowest BCUT2D eigenvalue weighted by Gasteiger charge is -2.12. The number of alkyl halides is 2. The van der Waals surface area contributed by atoms with Gasteiger partial charge in [-0.15, -0.1) is 0 Å². The van der Waals surface area contributed by atoms with E-state index in [0.29, 0.717) is 12.8 Å². The van der Waals surface area contributed by atoms with Crippen LogP contribution in [0, 0.1) is 5.92 Å². The Labute approximate surface area is 51.9 Å². The molecule has 0 heterocycles. The molecule has 0 aliphatic heterocycles. The molecule has 1 fully saturated rings. The van der Waals surface area contributed by atoms with Gasteiger partial charge in [-0.2, -0.15) is 0 Å². The summed E-state index contributed by atoms with van der Waals surface area (Å²) in [6.07, 6.45) is 1.21. The summed E-state index contributed by atoms with van der Waals surface area (Å²) in [6.45, 7) is -0.641. The van der Waals surface area contributed by atoms with Gasteiger partial charge in [-0.1, -0.05) is 0 Å². The molecule has 0 spiro atoms. The van der Waals surface area contributed by atoms with Gasteiger partial charge in [-0.05, 0) is 12.8 Å². The van der Waals surface area contributed by atoms with Crippen LogP contribution < -0.4 is 5.90 Å². The fraction of sp³-hybridized carbons (Fsp3) is 1.00. The molecule has 2 N–H and O–H groups in total. The first-order valence-corrected chi connectivity index (χ1v) is 2.86. The van der Waals surface area contributed by atoms with E-state index >= 15 is 0 Å². The lowest BCUT2D eigenvalue weighted by Crippen LogP contribution is -2.27. The van der Waals surface area contributed by atoms with Crippen molar-refractivity contribution < 1.29 is 13.6 Å². The highest BCUT2D eigenvalue weighted by molar-refractivity contribution is 4.86. The van der Waals surface area contributed by atoms with E-state index in [1.54, 1.807) is 0 Å². The van der Waals surface area contributed by atoms with Crippen LogP contribution in [0.1, 0.15) is 12.8 Å². The van der Waals surface area contributed by atoms with Crippen molar-refractivity contribution in [3.63, 3.8) is 0 Å². The SMILES string of the molecule is NOCC(F)(F)C1CC1. The molecule has 54 valence electrons. The molecule has 9 heavy (non-hydrogen) atoms. The van der Waals surface area contributed by atoms with Crippen molar-refractivity contribution in [2.45, 2.75) is 18.8 Å². The van der Waals surface area contributed by atoms with Gasteiger partial charge in [0, 0.05) is 5.92 Å². The minimum absolute atomic E-state index is 0.471. The monoisotopic (exact) mass is 137 g/mol. The average molecular weight is 137 g/mol. The maximum absolute atomic E-state index is 12.4. The standard InChI is InChI=1S/C5H9F2NO/c6-5(7,3-9-8)4-1-2-4/h4H,1-3,8H2. The fourth-order valence-corrected chi connectivity index (χ4v) is 0.735. The topological polar surface area (TPSA) is 35.2 Å². The second-order valence-corrected chi connectivity index (χ2v) is 2.35. The van der Waals surface area contributed by atoms with Crippen molar-refractivity contribution in [1.82, 2.24) is 0 Å². The van der Waals surface area contributed by atoms with E-state index in [4.69, 9.17) is 0 Å². The molecule has 0 aromatic heterocycles. The first-order chi connectivity index (χ1) is 4.17. The van der Waals surface area contributed by atoms with Gasteiger partial charge < -0.3 is 0 Å². The molecule has 0 aromatic carbocycles. The van der Waals surface area contributed by atoms with E-state index in [1.165, 1.54) is 0 Å². The van der Waals surface area contributed by atoms with E-state index < -0.39 is 18.4 Å². The average Bonchev–Trinajstić information content (AvgIpc) is 2.41. The van der Waals surface area contributed by atoms with Crippen molar-refractivity contribution in [2.24, 2.45) is 11.8 Å². The molecule has 2 nitrogen and oxygen atoms in total. The Morgan fingerprint density at radius 2 is 2.11 bits per heavy atom. The lowest BCUT2D eigenvalue weighted by molar-refractivity contribution is -0.0937. The third-order valence-electron chi connectivity index (χ3n) is 1.45. The Hall–Kier alpha value is -0.220. The van der Waals surface area contributed by atoms with Crippen LogP contribution in [0.5, 0.6) is 0 Å². The molecule has 1 saturated carbocycles. The molecule has 0 amide bonds. The van der Waals surface area contributed by atoms with Gasteiger partial charge in [-0.3, -0.25) is 4.84 Å². The molecule has 0 atom stereocenters. The van der Waals surface area contributed by atoms with Crippen LogP contribution in [0.2, 0.25) is 0 Å². The van der Waals surface area contributed by atoms with Crippen molar-refractivity contribution in [3.05, 3.63) is 0 Å². The Bertz CT molecular complexity index is 103. The van der Waals surface area contributed by atoms with E-state index in [1.807, 2.05) is 0 Å². The van der Waals surface area contributed by atoms with Gasteiger partial charge in [-0.25, -0.2) is 14.7 Å². The summed E-state index contributed by atoms with van der Waals surface area (Å²) in [5.74, 6) is 1.34. The minimum atomic E-state index is -2.69. The predicted octanol–water partition coefficient (Wildman–Crippen LogP) is 0.922. The highest BCUT2D eigenvalue weighted by Gasteiger charge is 2.46. The van der Waals surface area contributed by atoms with E-state index in [9.17, 15) is 8.78 Å². The molecule has 0 bridgehead atoms. The largest absolute Gasteiger partial charge is 0.298 e. The summed E-state index contributed by atoms with van der Waals surface area (Å²) in [5, 5.41) is 0. The molecule has 0 unspecified atom stereocenters. The molecule has 0 saturated heterocycles. The second kappa shape index (κ2) is 2.19. The number of nitrogens with two attached hydrogens (primary N) is 1. The highest BCUT2D eigenvalue weighted by Crippen LogP contribution is 2.43. The normalized spacial score (nSPS) is 20.3. The number of rotatable bonds is 3. The third-order valence-corrected chi connectivity index (χ3v) is 1.45. The Balaban J connectivity index is 2.30. The van der Waals surface area contributed by atoms with Gasteiger partial charge in [0.1, 0.15) is 6.61 Å². The van der Waals surface area contributed by atoms with Gasteiger partial charge in [0.2, 0.25) is 0 Å². The highest BCUT2D eigenvalue weighted by atomic mass is 19.3. The van der Waals surface area contributed by atoms with Crippen LogP contribution in [0.3, 0.4) is 0 Å². The Kier molecular flexibility index (Phi) is 1.68. The van der Waals surface area contributed by atoms with Crippen LogP contribution >= 0.6 is 0 Å². The summed E-state index contributed by atoms with van der Waals surface area (Å²) < 4.78 is 24.8. The van der Waals surface area contributed by atoms with Crippen molar-refractivity contribution in [3.8, 4) is 0 Å². The van der Waals surface area contributed by atoms with Crippen LogP contribution in [-0.2, 0) is 4.84 Å². The predicted molar refractivity (Wildman–Crippen MR) is 27.8 cm³/mol. The fourth-order valence-electron chi connectivity index (χ4n) is 0.735.